The molecule has 0 spiro atoms. The van der Waals surface area contributed by atoms with E-state index in [1.807, 2.05) is 12.1 Å². The molecule has 1 heterocycles. The number of benzene rings is 4. The van der Waals surface area contributed by atoms with Gasteiger partial charge in [-0.25, -0.2) is 0 Å². The third-order valence-electron chi connectivity index (χ3n) is 6.14. The number of halogens is 1. The molecule has 2 heteroatoms. The maximum atomic E-state index is 6.40. The van der Waals surface area contributed by atoms with E-state index in [9.17, 15) is 0 Å². The van der Waals surface area contributed by atoms with Gasteiger partial charge in [0.05, 0.1) is 4.48 Å². The first kappa shape index (κ1) is 22.2. The molecule has 5 rings (SSSR count). The Kier molecular flexibility index (Phi) is 6.33. The van der Waals surface area contributed by atoms with Gasteiger partial charge in [-0.05, 0) is 63.2 Å². The minimum absolute atomic E-state index is 0.787. The third kappa shape index (κ3) is 4.30. The zero-order valence-corrected chi connectivity index (χ0v) is 20.7. The Morgan fingerprint density at radius 1 is 0.765 bits per heavy atom. The lowest BCUT2D eigenvalue weighted by Gasteiger charge is -2.08. The topological polar surface area (TPSA) is 13.1 Å². The molecule has 1 nitrogen and oxygen atoms in total. The van der Waals surface area contributed by atoms with Gasteiger partial charge in [0.2, 0.25) is 0 Å². The van der Waals surface area contributed by atoms with Crippen molar-refractivity contribution in [3.63, 3.8) is 0 Å². The number of aryl methyl sites for hydroxylation is 1. The van der Waals surface area contributed by atoms with Crippen molar-refractivity contribution in [2.24, 2.45) is 0 Å². The van der Waals surface area contributed by atoms with Crippen LogP contribution < -0.4 is 0 Å². The number of hydrogen-bond donors (Lipinski definition) is 0. The molecule has 0 saturated carbocycles. The molecule has 1 aromatic heterocycles. The lowest BCUT2D eigenvalue weighted by Crippen LogP contribution is -1.83. The summed E-state index contributed by atoms with van der Waals surface area (Å²) >= 11 is 3.68. The van der Waals surface area contributed by atoms with Crippen LogP contribution in [0.1, 0.15) is 17.7 Å². The maximum Gasteiger partial charge on any atom is 0.144 e. The first-order chi connectivity index (χ1) is 16.7. The van der Waals surface area contributed by atoms with Crippen molar-refractivity contribution < 1.29 is 4.42 Å². The van der Waals surface area contributed by atoms with Gasteiger partial charge in [0.25, 0.3) is 0 Å². The lowest BCUT2D eigenvalue weighted by molar-refractivity contribution is 0.601. The standard InChI is InChI=1S/C32H25BrO/c1-3-4-16-30(33)31-22(2)28-14-9-15-29(32(28)34-31)27-13-8-12-26(21-27)25-19-17-24(18-20-25)23-10-6-5-7-11-23/h3,5-21H,1,4H2,2H3/b30-16+. The van der Waals surface area contributed by atoms with Crippen LogP contribution in [0.5, 0.6) is 0 Å². The van der Waals surface area contributed by atoms with Crippen LogP contribution >= 0.6 is 15.9 Å². The van der Waals surface area contributed by atoms with E-state index in [-0.39, 0.29) is 0 Å². The fourth-order valence-corrected chi connectivity index (χ4v) is 4.90. The van der Waals surface area contributed by atoms with Gasteiger partial charge in [-0.15, -0.1) is 6.58 Å². The van der Waals surface area contributed by atoms with Gasteiger partial charge < -0.3 is 4.42 Å². The van der Waals surface area contributed by atoms with Gasteiger partial charge in [0.15, 0.2) is 0 Å². The van der Waals surface area contributed by atoms with Crippen LogP contribution in [0.15, 0.2) is 120 Å². The lowest BCUT2D eigenvalue weighted by atomic mass is 9.96. The second kappa shape index (κ2) is 9.70. The van der Waals surface area contributed by atoms with Gasteiger partial charge in [0.1, 0.15) is 11.3 Å². The number of fused-ring (bicyclic) bond motifs is 1. The fourth-order valence-electron chi connectivity index (χ4n) is 4.33. The average Bonchev–Trinajstić information content (AvgIpc) is 3.24. The normalized spacial score (nSPS) is 11.6. The van der Waals surface area contributed by atoms with E-state index in [4.69, 9.17) is 4.42 Å². The fraction of sp³-hybridized carbons (Fsp3) is 0.0625. The van der Waals surface area contributed by atoms with Gasteiger partial charge in [-0.2, -0.15) is 0 Å². The van der Waals surface area contributed by atoms with Gasteiger partial charge in [-0.3, -0.25) is 0 Å². The summed E-state index contributed by atoms with van der Waals surface area (Å²) in [7, 11) is 0. The number of hydrogen-bond acceptors (Lipinski definition) is 1. The maximum absolute atomic E-state index is 6.40. The highest BCUT2D eigenvalue weighted by molar-refractivity contribution is 9.15. The monoisotopic (exact) mass is 504 g/mol. The molecule has 0 bridgehead atoms. The van der Waals surface area contributed by atoms with E-state index < -0.39 is 0 Å². The van der Waals surface area contributed by atoms with Crippen LogP contribution in [-0.4, -0.2) is 0 Å². The minimum Gasteiger partial charge on any atom is -0.455 e. The summed E-state index contributed by atoms with van der Waals surface area (Å²) in [6.45, 7) is 5.91. The SMILES string of the molecule is C=CC/C=C(/Br)c1oc2c(-c3cccc(-c4ccc(-c5ccccc5)cc4)c3)cccc2c1C. The smallest absolute Gasteiger partial charge is 0.144 e. The summed E-state index contributed by atoms with van der Waals surface area (Å²) in [4.78, 5) is 0. The minimum atomic E-state index is 0.787. The molecule has 0 saturated heterocycles. The predicted molar refractivity (Wildman–Crippen MR) is 149 cm³/mol. The van der Waals surface area contributed by atoms with Crippen molar-refractivity contribution in [3.05, 3.63) is 127 Å². The average molecular weight is 505 g/mol. The number of para-hydroxylation sites is 1. The van der Waals surface area contributed by atoms with Crippen LogP contribution in [0, 0.1) is 6.92 Å². The van der Waals surface area contributed by atoms with Crippen molar-refractivity contribution in [3.8, 4) is 33.4 Å². The Hall–Kier alpha value is -3.62. The predicted octanol–water partition coefficient (Wildman–Crippen LogP) is 10.1. The van der Waals surface area contributed by atoms with Crippen LogP contribution in [-0.2, 0) is 0 Å². The first-order valence-corrected chi connectivity index (χ1v) is 12.2. The largest absolute Gasteiger partial charge is 0.455 e. The Balaban J connectivity index is 1.53. The molecule has 4 aromatic carbocycles. The third-order valence-corrected chi connectivity index (χ3v) is 6.83. The molecular formula is C32H25BrO. The van der Waals surface area contributed by atoms with E-state index >= 15 is 0 Å². The number of rotatable bonds is 6. The molecule has 34 heavy (non-hydrogen) atoms. The highest BCUT2D eigenvalue weighted by Gasteiger charge is 2.16. The zero-order valence-electron chi connectivity index (χ0n) is 19.1. The molecule has 5 aromatic rings. The van der Waals surface area contributed by atoms with Crippen molar-refractivity contribution in [2.75, 3.05) is 0 Å². The van der Waals surface area contributed by atoms with Crippen molar-refractivity contribution in [2.45, 2.75) is 13.3 Å². The summed E-state index contributed by atoms with van der Waals surface area (Å²) in [5.41, 5.74) is 9.11. The molecule has 0 amide bonds. The number of allylic oxidation sites excluding steroid dienone is 2. The van der Waals surface area contributed by atoms with Crippen LogP contribution in [0.4, 0.5) is 0 Å². The van der Waals surface area contributed by atoms with Crippen LogP contribution in [0.3, 0.4) is 0 Å². The van der Waals surface area contributed by atoms with Crippen LogP contribution in [0.2, 0.25) is 0 Å². The van der Waals surface area contributed by atoms with E-state index in [2.05, 4.69) is 127 Å². The summed E-state index contributed by atoms with van der Waals surface area (Å²) in [6.07, 6.45) is 4.74. The quantitative estimate of drug-likeness (QED) is 0.209. The van der Waals surface area contributed by atoms with Gasteiger partial charge >= 0.3 is 0 Å². The first-order valence-electron chi connectivity index (χ1n) is 11.4. The van der Waals surface area contributed by atoms with Crippen molar-refractivity contribution in [1.82, 2.24) is 0 Å². The second-order valence-corrected chi connectivity index (χ2v) is 9.19. The molecule has 0 fully saturated rings. The Morgan fingerprint density at radius 3 is 2.12 bits per heavy atom. The van der Waals surface area contributed by atoms with Gasteiger partial charge in [0, 0.05) is 16.5 Å². The molecule has 0 aliphatic rings. The van der Waals surface area contributed by atoms with Crippen LogP contribution in [0.25, 0.3) is 48.8 Å². The highest BCUT2D eigenvalue weighted by atomic mass is 79.9. The Morgan fingerprint density at radius 2 is 1.38 bits per heavy atom. The molecule has 0 N–H and O–H groups in total. The second-order valence-electron chi connectivity index (χ2n) is 8.34. The summed E-state index contributed by atoms with van der Waals surface area (Å²) < 4.78 is 7.36. The van der Waals surface area contributed by atoms with E-state index in [1.54, 1.807) is 0 Å². The molecule has 166 valence electrons. The van der Waals surface area contributed by atoms with E-state index in [0.717, 1.165) is 44.3 Å². The summed E-state index contributed by atoms with van der Waals surface area (Å²) in [5, 5.41) is 1.13. The van der Waals surface area contributed by atoms with E-state index in [1.165, 1.54) is 22.3 Å². The molecule has 0 radical (unpaired) electrons. The highest BCUT2D eigenvalue weighted by Crippen LogP contribution is 2.39. The molecule has 0 aliphatic heterocycles. The Labute approximate surface area is 209 Å². The summed E-state index contributed by atoms with van der Waals surface area (Å²) in [6, 6.07) is 34.3. The Bertz CT molecular complexity index is 1490. The molecular weight excluding hydrogens is 480 g/mol. The zero-order chi connectivity index (χ0) is 23.5. The molecule has 0 aliphatic carbocycles. The van der Waals surface area contributed by atoms with E-state index in [0.29, 0.717) is 0 Å². The number of furan rings is 1. The summed E-state index contributed by atoms with van der Waals surface area (Å²) in [5.74, 6) is 0.872. The molecule has 0 atom stereocenters. The van der Waals surface area contributed by atoms with Crippen molar-refractivity contribution >= 4 is 31.4 Å². The molecule has 0 unspecified atom stereocenters. The van der Waals surface area contributed by atoms with Gasteiger partial charge in [-0.1, -0.05) is 103 Å². The van der Waals surface area contributed by atoms with Crippen molar-refractivity contribution in [1.29, 1.82) is 0 Å².